The number of ether oxygens (including phenoxy) is 1. The van der Waals surface area contributed by atoms with E-state index in [9.17, 15) is 9.59 Å². The molecule has 1 N–H and O–H groups in total. The second-order valence-corrected chi connectivity index (χ2v) is 6.75. The molecule has 6 heteroatoms. The normalized spacial score (nSPS) is 18.5. The standard InChI is InChI=1S/C16H21ClN2O3/c1-16(2,3)22-15(21)18-13-8-9-19(14(13)20)10-11-6-4-5-7-12(11)17/h4-7,13H,8-10H2,1-3H3,(H,18,21)/t13-/m0/s1. The first-order valence-corrected chi connectivity index (χ1v) is 7.66. The third kappa shape index (κ3) is 4.37. The molecule has 120 valence electrons. The molecule has 2 amide bonds. The van der Waals surface area contributed by atoms with Crippen LogP contribution in [0.1, 0.15) is 32.8 Å². The van der Waals surface area contributed by atoms with Gasteiger partial charge in [0.25, 0.3) is 0 Å². The van der Waals surface area contributed by atoms with Gasteiger partial charge in [-0.15, -0.1) is 0 Å². The maximum Gasteiger partial charge on any atom is 0.408 e. The fourth-order valence-corrected chi connectivity index (χ4v) is 2.51. The Morgan fingerprint density at radius 2 is 2.09 bits per heavy atom. The van der Waals surface area contributed by atoms with E-state index in [0.717, 1.165) is 5.56 Å². The van der Waals surface area contributed by atoms with Crippen LogP contribution in [0.15, 0.2) is 24.3 Å². The summed E-state index contributed by atoms with van der Waals surface area (Å²) in [5.74, 6) is -0.106. The van der Waals surface area contributed by atoms with Crippen LogP contribution in [0, 0.1) is 0 Å². The Bertz CT molecular complexity index is 569. The van der Waals surface area contributed by atoms with Gasteiger partial charge < -0.3 is 15.0 Å². The predicted molar refractivity (Wildman–Crippen MR) is 84.6 cm³/mol. The van der Waals surface area contributed by atoms with Gasteiger partial charge in [-0.3, -0.25) is 4.79 Å². The number of hydrogen-bond donors (Lipinski definition) is 1. The lowest BCUT2D eigenvalue weighted by atomic mass is 10.2. The first-order valence-electron chi connectivity index (χ1n) is 7.28. The minimum atomic E-state index is -0.580. The van der Waals surface area contributed by atoms with E-state index in [-0.39, 0.29) is 5.91 Å². The molecule has 0 saturated carbocycles. The Labute approximate surface area is 135 Å². The zero-order chi connectivity index (χ0) is 16.3. The van der Waals surface area contributed by atoms with E-state index in [1.165, 1.54) is 0 Å². The summed E-state index contributed by atoms with van der Waals surface area (Å²) < 4.78 is 5.18. The van der Waals surface area contributed by atoms with Crippen LogP contribution in [0.4, 0.5) is 4.79 Å². The average Bonchev–Trinajstić information content (AvgIpc) is 2.72. The van der Waals surface area contributed by atoms with Crippen molar-refractivity contribution in [3.05, 3.63) is 34.9 Å². The number of alkyl carbamates (subject to hydrolysis) is 1. The summed E-state index contributed by atoms with van der Waals surface area (Å²) in [6, 6.07) is 6.90. The van der Waals surface area contributed by atoms with Gasteiger partial charge in [-0.1, -0.05) is 29.8 Å². The van der Waals surface area contributed by atoms with Crippen molar-refractivity contribution in [1.29, 1.82) is 0 Å². The van der Waals surface area contributed by atoms with Crippen molar-refractivity contribution in [3.63, 3.8) is 0 Å². The molecular formula is C16H21ClN2O3. The minimum Gasteiger partial charge on any atom is -0.444 e. The van der Waals surface area contributed by atoms with Crippen molar-refractivity contribution in [3.8, 4) is 0 Å². The molecule has 1 atom stereocenters. The van der Waals surface area contributed by atoms with Crippen molar-refractivity contribution in [2.75, 3.05) is 6.54 Å². The highest BCUT2D eigenvalue weighted by Gasteiger charge is 2.33. The van der Waals surface area contributed by atoms with Gasteiger partial charge in [-0.2, -0.15) is 0 Å². The van der Waals surface area contributed by atoms with Crippen LogP contribution in [0.25, 0.3) is 0 Å². The number of rotatable bonds is 3. The summed E-state index contributed by atoms with van der Waals surface area (Å²) in [5.41, 5.74) is 0.318. The highest BCUT2D eigenvalue weighted by molar-refractivity contribution is 6.31. The first-order chi connectivity index (χ1) is 10.3. The van der Waals surface area contributed by atoms with Crippen LogP contribution >= 0.6 is 11.6 Å². The van der Waals surface area contributed by atoms with Crippen LogP contribution in [0.2, 0.25) is 5.02 Å². The zero-order valence-corrected chi connectivity index (χ0v) is 13.8. The van der Waals surface area contributed by atoms with E-state index >= 15 is 0 Å². The molecule has 1 aromatic rings. The molecule has 1 aromatic carbocycles. The highest BCUT2D eigenvalue weighted by Crippen LogP contribution is 2.21. The third-order valence-corrected chi connectivity index (χ3v) is 3.68. The number of halogens is 1. The zero-order valence-electron chi connectivity index (χ0n) is 13.1. The molecule has 0 unspecified atom stereocenters. The Kier molecular flexibility index (Phi) is 4.96. The molecule has 2 rings (SSSR count). The summed E-state index contributed by atoms with van der Waals surface area (Å²) in [7, 11) is 0. The average molecular weight is 325 g/mol. The fourth-order valence-electron chi connectivity index (χ4n) is 2.31. The molecule has 1 heterocycles. The van der Waals surface area contributed by atoms with E-state index in [4.69, 9.17) is 16.3 Å². The van der Waals surface area contributed by atoms with Crippen molar-refractivity contribution < 1.29 is 14.3 Å². The quantitative estimate of drug-likeness (QED) is 0.930. The van der Waals surface area contributed by atoms with Gasteiger partial charge in [-0.05, 0) is 38.8 Å². The van der Waals surface area contributed by atoms with Gasteiger partial charge >= 0.3 is 6.09 Å². The number of nitrogens with one attached hydrogen (secondary N) is 1. The second kappa shape index (κ2) is 6.57. The molecule has 0 aliphatic carbocycles. The molecule has 22 heavy (non-hydrogen) atoms. The number of carbonyl (C=O) groups excluding carboxylic acids is 2. The van der Waals surface area contributed by atoms with Gasteiger partial charge in [0.15, 0.2) is 0 Å². The maximum absolute atomic E-state index is 12.3. The molecule has 0 spiro atoms. The van der Waals surface area contributed by atoms with Crippen molar-refractivity contribution in [2.45, 2.75) is 45.4 Å². The van der Waals surface area contributed by atoms with E-state index in [0.29, 0.717) is 24.5 Å². The van der Waals surface area contributed by atoms with Gasteiger partial charge in [-0.25, -0.2) is 4.79 Å². The predicted octanol–water partition coefficient (Wildman–Crippen LogP) is 2.97. The van der Waals surface area contributed by atoms with E-state index < -0.39 is 17.7 Å². The topological polar surface area (TPSA) is 58.6 Å². The van der Waals surface area contributed by atoms with Crippen molar-refractivity contribution in [1.82, 2.24) is 10.2 Å². The molecule has 0 radical (unpaired) electrons. The first kappa shape index (κ1) is 16.6. The second-order valence-electron chi connectivity index (χ2n) is 6.34. The summed E-state index contributed by atoms with van der Waals surface area (Å²) in [5, 5.41) is 3.27. The van der Waals surface area contributed by atoms with E-state index in [1.54, 1.807) is 31.7 Å². The maximum atomic E-state index is 12.3. The Hall–Kier alpha value is -1.75. The number of nitrogens with zero attached hydrogens (tertiary/aromatic N) is 1. The van der Waals surface area contributed by atoms with Crippen molar-refractivity contribution in [2.24, 2.45) is 0 Å². The van der Waals surface area contributed by atoms with Gasteiger partial charge in [0.1, 0.15) is 11.6 Å². The lowest BCUT2D eigenvalue weighted by molar-refractivity contribution is -0.129. The van der Waals surface area contributed by atoms with Gasteiger partial charge in [0.2, 0.25) is 5.91 Å². The van der Waals surface area contributed by atoms with Gasteiger partial charge in [0, 0.05) is 18.1 Å². The van der Waals surface area contributed by atoms with Crippen LogP contribution in [-0.2, 0) is 16.1 Å². The van der Waals surface area contributed by atoms with Crippen molar-refractivity contribution >= 4 is 23.6 Å². The lowest BCUT2D eigenvalue weighted by Crippen LogP contribution is -2.43. The Balaban J connectivity index is 1.93. The highest BCUT2D eigenvalue weighted by atomic mass is 35.5. The summed E-state index contributed by atoms with van der Waals surface area (Å²) in [6.07, 6.45) is 0.00755. The van der Waals surface area contributed by atoms with Crippen LogP contribution in [-0.4, -0.2) is 35.1 Å². The Morgan fingerprint density at radius 1 is 1.41 bits per heavy atom. The van der Waals surface area contributed by atoms with Gasteiger partial charge in [0.05, 0.1) is 0 Å². The molecule has 0 bridgehead atoms. The largest absolute Gasteiger partial charge is 0.444 e. The number of benzene rings is 1. The number of amides is 2. The Morgan fingerprint density at radius 3 is 2.73 bits per heavy atom. The monoisotopic (exact) mass is 324 g/mol. The summed E-state index contributed by atoms with van der Waals surface area (Å²) in [6.45, 7) is 6.39. The number of likely N-dealkylation sites (tertiary alicyclic amines) is 1. The third-order valence-electron chi connectivity index (χ3n) is 3.31. The summed E-state index contributed by atoms with van der Waals surface area (Å²) >= 11 is 6.12. The number of carbonyl (C=O) groups is 2. The molecule has 0 aromatic heterocycles. The van der Waals surface area contributed by atoms with E-state index in [2.05, 4.69) is 5.32 Å². The van der Waals surface area contributed by atoms with E-state index in [1.807, 2.05) is 18.2 Å². The molecule has 1 aliphatic rings. The van der Waals surface area contributed by atoms with Crippen LogP contribution in [0.5, 0.6) is 0 Å². The van der Waals surface area contributed by atoms with Crippen LogP contribution in [0.3, 0.4) is 0 Å². The molecular weight excluding hydrogens is 304 g/mol. The smallest absolute Gasteiger partial charge is 0.408 e. The minimum absolute atomic E-state index is 0.106. The molecule has 5 nitrogen and oxygen atoms in total. The fraction of sp³-hybridized carbons (Fsp3) is 0.500. The number of hydrogen-bond acceptors (Lipinski definition) is 3. The van der Waals surface area contributed by atoms with Crippen LogP contribution < -0.4 is 5.32 Å². The SMILES string of the molecule is CC(C)(C)OC(=O)N[C@H]1CCN(Cc2ccccc2Cl)C1=O. The molecule has 1 fully saturated rings. The summed E-state index contributed by atoms with van der Waals surface area (Å²) in [4.78, 5) is 25.8. The lowest BCUT2D eigenvalue weighted by Gasteiger charge is -2.21. The molecule has 1 aliphatic heterocycles. The molecule has 1 saturated heterocycles.